The van der Waals surface area contributed by atoms with Gasteiger partial charge in [0.25, 0.3) is 0 Å². The number of rotatable bonds is 9. The molecule has 1 fully saturated rings. The average molecular weight is 609 g/mol. The van der Waals surface area contributed by atoms with Gasteiger partial charge in [-0.1, -0.05) is 0 Å². The van der Waals surface area contributed by atoms with Gasteiger partial charge in [-0.3, -0.25) is 4.79 Å². The molecule has 1 aliphatic carbocycles. The Morgan fingerprint density at radius 2 is 1.47 bits per heavy atom. The summed E-state index contributed by atoms with van der Waals surface area (Å²) >= 11 is 0. The van der Waals surface area contributed by atoms with Crippen molar-refractivity contribution in [2.45, 2.75) is 42.7 Å². The second kappa shape index (κ2) is 12.7. The number of methoxy groups -OCH3 is 4. The molecule has 0 bridgehead atoms. The normalized spacial score (nSPS) is 31.2. The summed E-state index contributed by atoms with van der Waals surface area (Å²) in [6, 6.07) is 6.76. The van der Waals surface area contributed by atoms with E-state index in [0.29, 0.717) is 45.4 Å². The number of carbonyl (C=O) groups is 1. The van der Waals surface area contributed by atoms with Crippen LogP contribution in [0.15, 0.2) is 24.3 Å². The van der Waals surface area contributed by atoms with Gasteiger partial charge in [0.05, 0.1) is 47.1 Å². The predicted octanol–water partition coefficient (Wildman–Crippen LogP) is -0.158. The van der Waals surface area contributed by atoms with E-state index in [1.807, 2.05) is 0 Å². The molecular weight excluding hydrogens is 572 g/mol. The lowest BCUT2D eigenvalue weighted by atomic mass is 9.65. The molecule has 43 heavy (non-hydrogen) atoms. The number of hydrogen-bond acceptors (Lipinski definition) is 14. The molecule has 14 heteroatoms. The van der Waals surface area contributed by atoms with E-state index in [2.05, 4.69) is 0 Å². The van der Waals surface area contributed by atoms with Crippen molar-refractivity contribution >= 4 is 5.97 Å². The minimum atomic E-state index is -1.72. The van der Waals surface area contributed by atoms with Crippen LogP contribution in [0.5, 0.6) is 28.7 Å². The molecule has 3 aliphatic rings. The lowest BCUT2D eigenvalue weighted by molar-refractivity contribution is -0.319. The van der Waals surface area contributed by atoms with Gasteiger partial charge in [-0.2, -0.15) is 0 Å². The quantitative estimate of drug-likeness (QED) is 0.236. The fourth-order valence-corrected chi connectivity index (χ4v) is 6.17. The highest BCUT2D eigenvalue weighted by Crippen LogP contribution is 2.55. The number of benzene rings is 2. The fraction of sp³-hybridized carbons (Fsp3) is 0.552. The van der Waals surface area contributed by atoms with E-state index in [-0.39, 0.29) is 6.79 Å². The minimum Gasteiger partial charge on any atom is -0.493 e. The van der Waals surface area contributed by atoms with Crippen molar-refractivity contribution in [3.8, 4) is 28.7 Å². The third-order valence-corrected chi connectivity index (χ3v) is 8.29. The predicted molar refractivity (Wildman–Crippen MR) is 144 cm³/mol. The van der Waals surface area contributed by atoms with E-state index in [4.69, 9.17) is 37.9 Å². The van der Waals surface area contributed by atoms with E-state index < -0.39 is 73.7 Å². The van der Waals surface area contributed by atoms with Crippen LogP contribution in [0, 0.1) is 11.8 Å². The largest absolute Gasteiger partial charge is 0.493 e. The first-order valence-corrected chi connectivity index (χ1v) is 13.6. The molecule has 0 aromatic heterocycles. The number of carbonyl (C=O) groups excluding carboxylic acids is 1. The molecular formula is C29H36O14. The molecule has 14 nitrogen and oxygen atoms in total. The summed E-state index contributed by atoms with van der Waals surface area (Å²) in [7, 11) is 5.63. The van der Waals surface area contributed by atoms with Gasteiger partial charge in [0.15, 0.2) is 29.3 Å². The summed E-state index contributed by atoms with van der Waals surface area (Å²) in [4.78, 5) is 13.6. The van der Waals surface area contributed by atoms with Gasteiger partial charge in [0.2, 0.25) is 12.5 Å². The Morgan fingerprint density at radius 3 is 2.00 bits per heavy atom. The molecule has 0 saturated carbocycles. The molecule has 5 rings (SSSR count). The van der Waals surface area contributed by atoms with Crippen molar-refractivity contribution < 1.29 is 68.2 Å². The van der Waals surface area contributed by atoms with Crippen molar-refractivity contribution in [3.05, 3.63) is 41.0 Å². The second-order valence-corrected chi connectivity index (χ2v) is 10.4. The molecule has 2 heterocycles. The van der Waals surface area contributed by atoms with E-state index >= 15 is 0 Å². The zero-order valence-electron chi connectivity index (χ0n) is 24.0. The molecule has 0 amide bonds. The molecule has 2 aliphatic heterocycles. The molecule has 9 atom stereocenters. The summed E-state index contributed by atoms with van der Waals surface area (Å²) in [5, 5.41) is 51.9. The first kappa shape index (κ1) is 31.1. The molecule has 9 unspecified atom stereocenters. The van der Waals surface area contributed by atoms with Gasteiger partial charge < -0.3 is 63.4 Å². The van der Waals surface area contributed by atoms with Crippen LogP contribution in [0.4, 0.5) is 0 Å². The van der Waals surface area contributed by atoms with Crippen LogP contribution in [0.1, 0.15) is 28.7 Å². The first-order chi connectivity index (χ1) is 20.7. The lowest BCUT2D eigenvalue weighted by Gasteiger charge is -2.46. The van der Waals surface area contributed by atoms with Gasteiger partial charge in [-0.15, -0.1) is 0 Å². The number of aliphatic hydroxyl groups is 5. The molecule has 5 N–H and O–H groups in total. The van der Waals surface area contributed by atoms with Crippen LogP contribution in [0.2, 0.25) is 0 Å². The van der Waals surface area contributed by atoms with Gasteiger partial charge in [0.1, 0.15) is 24.4 Å². The lowest BCUT2D eigenvalue weighted by Crippen LogP contribution is -2.59. The molecule has 1 saturated heterocycles. The summed E-state index contributed by atoms with van der Waals surface area (Å²) < 4.78 is 45.0. The molecule has 0 spiro atoms. The fourth-order valence-electron chi connectivity index (χ4n) is 6.17. The van der Waals surface area contributed by atoms with Crippen molar-refractivity contribution in [2.75, 3.05) is 48.4 Å². The maximum absolute atomic E-state index is 13.6. The van der Waals surface area contributed by atoms with E-state index in [9.17, 15) is 30.3 Å². The van der Waals surface area contributed by atoms with Crippen LogP contribution in [0.3, 0.4) is 0 Å². The third-order valence-electron chi connectivity index (χ3n) is 8.29. The summed E-state index contributed by atoms with van der Waals surface area (Å²) in [6.45, 7) is -1.28. The Morgan fingerprint density at radius 1 is 0.837 bits per heavy atom. The van der Waals surface area contributed by atoms with Crippen molar-refractivity contribution in [3.63, 3.8) is 0 Å². The minimum absolute atomic E-state index is 0.0465. The van der Waals surface area contributed by atoms with Crippen molar-refractivity contribution in [1.29, 1.82) is 0 Å². The average Bonchev–Trinajstić information content (AvgIpc) is 3.50. The zero-order valence-corrected chi connectivity index (χ0v) is 24.0. The highest BCUT2D eigenvalue weighted by molar-refractivity contribution is 5.77. The van der Waals surface area contributed by atoms with Crippen molar-refractivity contribution in [2.24, 2.45) is 11.8 Å². The Kier molecular flexibility index (Phi) is 9.18. The van der Waals surface area contributed by atoms with Crippen LogP contribution in [0.25, 0.3) is 0 Å². The number of aliphatic hydroxyl groups excluding tert-OH is 5. The van der Waals surface area contributed by atoms with Crippen molar-refractivity contribution in [1.82, 2.24) is 0 Å². The highest BCUT2D eigenvalue weighted by atomic mass is 16.7. The molecule has 236 valence electrons. The highest BCUT2D eigenvalue weighted by Gasteiger charge is 2.52. The number of esters is 1. The monoisotopic (exact) mass is 608 g/mol. The number of hydrogen-bond donors (Lipinski definition) is 5. The molecule has 0 radical (unpaired) electrons. The Labute approximate surface area is 247 Å². The smallest absolute Gasteiger partial charge is 0.310 e. The standard InChI is InChI=1S/C29H36O14/c1-36-18-5-12(6-19(37-2)27(18)38-3)21-13-7-16-17(41-11-40-16)8-14(13)26(15(9-30)22(21)28(35)39-4)43-29-25(34)24(33)23(32)20(10-31)42-29/h5-8,15,20-26,29-34H,9-11H2,1-4H3. The van der Waals surface area contributed by atoms with E-state index in [1.165, 1.54) is 28.4 Å². The summed E-state index contributed by atoms with van der Waals surface area (Å²) in [6.07, 6.45) is -8.94. The van der Waals surface area contributed by atoms with Crippen LogP contribution >= 0.6 is 0 Å². The van der Waals surface area contributed by atoms with Gasteiger partial charge in [-0.05, 0) is 41.0 Å². The van der Waals surface area contributed by atoms with Gasteiger partial charge >= 0.3 is 5.97 Å². The third kappa shape index (κ3) is 5.33. The van der Waals surface area contributed by atoms with Crippen LogP contribution in [-0.2, 0) is 19.0 Å². The number of fused-ring (bicyclic) bond motifs is 2. The maximum atomic E-state index is 13.6. The SMILES string of the molecule is COC(=O)C1C(c2cc(OC)c(OC)c(OC)c2)c2cc3c(cc2C(OC2OC(CO)C(O)C(O)C2O)C1CO)OCO3. The molecule has 2 aromatic carbocycles. The molecule has 2 aromatic rings. The summed E-state index contributed by atoms with van der Waals surface area (Å²) in [5.41, 5.74) is 1.59. The Bertz CT molecular complexity index is 1290. The summed E-state index contributed by atoms with van der Waals surface area (Å²) in [5.74, 6) is -1.68. The topological polar surface area (TPSA) is 192 Å². The second-order valence-electron chi connectivity index (χ2n) is 10.4. The number of ether oxygens (including phenoxy) is 8. The maximum Gasteiger partial charge on any atom is 0.310 e. The zero-order chi connectivity index (χ0) is 31.0. The van der Waals surface area contributed by atoms with E-state index in [0.717, 1.165) is 0 Å². The van der Waals surface area contributed by atoms with E-state index in [1.54, 1.807) is 24.3 Å². The van der Waals surface area contributed by atoms with Gasteiger partial charge in [0, 0.05) is 18.4 Å². The van der Waals surface area contributed by atoms with Crippen LogP contribution < -0.4 is 23.7 Å². The Balaban J connectivity index is 1.70. The van der Waals surface area contributed by atoms with Gasteiger partial charge in [-0.25, -0.2) is 0 Å². The first-order valence-electron chi connectivity index (χ1n) is 13.6. The van der Waals surface area contributed by atoms with Crippen LogP contribution in [-0.4, -0.2) is 111 Å². The Hall–Kier alpha value is -3.37.